The van der Waals surface area contributed by atoms with E-state index in [2.05, 4.69) is 53.3 Å². The molecule has 0 spiro atoms. The molecule has 4 heterocycles. The summed E-state index contributed by atoms with van der Waals surface area (Å²) < 4.78 is 7.54. The van der Waals surface area contributed by atoms with Gasteiger partial charge in [0, 0.05) is 38.9 Å². The molecule has 184 valence electrons. The molecule has 2 aromatic heterocycles. The van der Waals surface area contributed by atoms with E-state index in [1.807, 2.05) is 28.8 Å². The summed E-state index contributed by atoms with van der Waals surface area (Å²) in [6.45, 7) is 8.97. The van der Waals surface area contributed by atoms with Crippen LogP contribution < -0.4 is 10.2 Å². The highest BCUT2D eigenvalue weighted by Gasteiger charge is 2.25. The summed E-state index contributed by atoms with van der Waals surface area (Å²) in [5, 5.41) is 3.13. The number of anilines is 2. The topological polar surface area (TPSA) is 75.5 Å². The first-order valence-electron chi connectivity index (χ1n) is 12.5. The fraction of sp³-hybridized carbons (Fsp3) is 0.444. The predicted octanol–water partition coefficient (Wildman–Crippen LogP) is 4.56. The van der Waals surface area contributed by atoms with E-state index in [1.165, 1.54) is 0 Å². The number of aromatic nitrogens is 3. The molecule has 2 saturated heterocycles. The molecule has 8 nitrogen and oxygen atoms in total. The van der Waals surface area contributed by atoms with E-state index in [1.54, 1.807) is 6.33 Å². The van der Waals surface area contributed by atoms with Crippen LogP contribution in [0.2, 0.25) is 0 Å². The number of morpholine rings is 1. The van der Waals surface area contributed by atoms with Crippen LogP contribution in [0.5, 0.6) is 0 Å². The van der Waals surface area contributed by atoms with Gasteiger partial charge in [0.05, 0.1) is 37.1 Å². The van der Waals surface area contributed by atoms with Gasteiger partial charge in [0.2, 0.25) is 0 Å². The molecule has 2 amide bonds. The Morgan fingerprint density at radius 2 is 2.00 bits per heavy atom. The van der Waals surface area contributed by atoms with Crippen LogP contribution in [0.15, 0.2) is 42.9 Å². The lowest BCUT2D eigenvalue weighted by Crippen LogP contribution is -2.36. The van der Waals surface area contributed by atoms with Crippen LogP contribution in [0.3, 0.4) is 0 Å². The van der Waals surface area contributed by atoms with Gasteiger partial charge in [0.25, 0.3) is 0 Å². The molecule has 35 heavy (non-hydrogen) atoms. The smallest absolute Gasteiger partial charge is 0.321 e. The molecule has 0 radical (unpaired) electrons. The molecule has 1 atom stereocenters. The van der Waals surface area contributed by atoms with Gasteiger partial charge in [-0.2, -0.15) is 0 Å². The quantitative estimate of drug-likeness (QED) is 0.587. The first-order chi connectivity index (χ1) is 17.0. The van der Waals surface area contributed by atoms with Gasteiger partial charge in [-0.25, -0.2) is 14.8 Å². The Hall–Kier alpha value is -3.39. The number of aryl methyl sites for hydroxylation is 2. The zero-order chi connectivity index (χ0) is 24.4. The minimum Gasteiger partial charge on any atom is -0.378 e. The number of nitrogens with zero attached hydrogens (tertiary/aromatic N) is 5. The van der Waals surface area contributed by atoms with Crippen LogP contribution in [0.4, 0.5) is 16.3 Å². The number of benzene rings is 1. The molecule has 0 aliphatic carbocycles. The highest BCUT2D eigenvalue weighted by Crippen LogP contribution is 2.33. The SMILES string of the molecule is CC[C@@H]1CCN(C(=O)Nc2ccc(C)c(-c3cc(-c4cncn4C)nc(N4CCOCC4)c3)c2)C1. The van der Waals surface area contributed by atoms with Crippen molar-refractivity contribution in [3.63, 3.8) is 0 Å². The van der Waals surface area contributed by atoms with Crippen molar-refractivity contribution in [2.75, 3.05) is 49.6 Å². The van der Waals surface area contributed by atoms with E-state index in [4.69, 9.17) is 9.72 Å². The summed E-state index contributed by atoms with van der Waals surface area (Å²) in [5.41, 5.74) is 5.94. The fourth-order valence-corrected chi connectivity index (χ4v) is 4.92. The average molecular weight is 475 g/mol. The molecular weight excluding hydrogens is 440 g/mol. The number of hydrogen-bond donors (Lipinski definition) is 1. The Bertz CT molecular complexity index is 1200. The minimum absolute atomic E-state index is 0.0185. The summed E-state index contributed by atoms with van der Waals surface area (Å²) in [7, 11) is 1.98. The Labute approximate surface area is 206 Å². The van der Waals surface area contributed by atoms with Gasteiger partial charge < -0.3 is 24.4 Å². The molecule has 8 heteroatoms. The zero-order valence-electron chi connectivity index (χ0n) is 20.8. The number of carbonyl (C=O) groups is 1. The van der Waals surface area contributed by atoms with Crippen molar-refractivity contribution >= 4 is 17.5 Å². The van der Waals surface area contributed by atoms with Gasteiger partial charge in [0.1, 0.15) is 5.82 Å². The maximum atomic E-state index is 12.9. The van der Waals surface area contributed by atoms with Gasteiger partial charge in [-0.1, -0.05) is 19.4 Å². The third-order valence-corrected chi connectivity index (χ3v) is 7.18. The summed E-state index contributed by atoms with van der Waals surface area (Å²) in [6, 6.07) is 10.4. The minimum atomic E-state index is -0.0185. The second-order valence-electron chi connectivity index (χ2n) is 9.56. The third kappa shape index (κ3) is 5.03. The van der Waals surface area contributed by atoms with E-state index in [-0.39, 0.29) is 6.03 Å². The van der Waals surface area contributed by atoms with Crippen LogP contribution in [-0.4, -0.2) is 64.9 Å². The summed E-state index contributed by atoms with van der Waals surface area (Å²) in [6.07, 6.45) is 5.84. The molecule has 1 aromatic carbocycles. The van der Waals surface area contributed by atoms with Gasteiger partial charge >= 0.3 is 6.03 Å². The number of likely N-dealkylation sites (tertiary alicyclic amines) is 1. The van der Waals surface area contributed by atoms with E-state index in [0.717, 1.165) is 78.6 Å². The first kappa shape index (κ1) is 23.4. The van der Waals surface area contributed by atoms with Crippen LogP contribution in [0.25, 0.3) is 22.5 Å². The molecular formula is C27H34N6O2. The molecule has 0 bridgehead atoms. The molecule has 2 aliphatic heterocycles. The third-order valence-electron chi connectivity index (χ3n) is 7.18. The average Bonchev–Trinajstić information content (AvgIpc) is 3.54. The van der Waals surface area contributed by atoms with Crippen LogP contribution >= 0.6 is 0 Å². The molecule has 5 rings (SSSR count). The standard InChI is InChI=1S/C27H34N6O2/c1-4-20-7-8-33(17-20)27(34)29-22-6-5-19(2)23(15-22)21-13-24(25-16-28-18-31(25)3)30-26(14-21)32-9-11-35-12-10-32/h5-6,13-16,18,20H,4,7-12,17H2,1-3H3,(H,29,34)/t20-/m1/s1. The Kier molecular flexibility index (Phi) is 6.72. The van der Waals surface area contributed by atoms with E-state index >= 15 is 0 Å². The maximum absolute atomic E-state index is 12.9. The van der Waals surface area contributed by atoms with Crippen molar-refractivity contribution in [3.8, 4) is 22.5 Å². The number of pyridine rings is 1. The highest BCUT2D eigenvalue weighted by molar-refractivity contribution is 5.91. The number of ether oxygens (including phenoxy) is 1. The van der Waals surface area contributed by atoms with Crippen LogP contribution in [0.1, 0.15) is 25.3 Å². The Morgan fingerprint density at radius 1 is 1.17 bits per heavy atom. The first-order valence-corrected chi connectivity index (χ1v) is 12.5. The lowest BCUT2D eigenvalue weighted by Gasteiger charge is -2.28. The van der Waals surface area contributed by atoms with Crippen molar-refractivity contribution in [1.82, 2.24) is 19.4 Å². The predicted molar refractivity (Wildman–Crippen MR) is 139 cm³/mol. The molecule has 1 N–H and O–H groups in total. The molecule has 0 saturated carbocycles. The second kappa shape index (κ2) is 10.1. The van der Waals surface area contributed by atoms with Crippen molar-refractivity contribution in [1.29, 1.82) is 0 Å². The van der Waals surface area contributed by atoms with Gasteiger partial charge in [-0.05, 0) is 60.2 Å². The Morgan fingerprint density at radius 3 is 2.71 bits per heavy atom. The highest BCUT2D eigenvalue weighted by atomic mass is 16.5. The number of hydrogen-bond acceptors (Lipinski definition) is 5. The summed E-state index contributed by atoms with van der Waals surface area (Å²) in [4.78, 5) is 26.4. The van der Waals surface area contributed by atoms with Crippen molar-refractivity contribution < 1.29 is 9.53 Å². The summed E-state index contributed by atoms with van der Waals surface area (Å²) in [5.74, 6) is 1.54. The molecule has 2 fully saturated rings. The van der Waals surface area contributed by atoms with Crippen molar-refractivity contribution in [2.45, 2.75) is 26.7 Å². The van der Waals surface area contributed by atoms with E-state index in [0.29, 0.717) is 19.1 Å². The van der Waals surface area contributed by atoms with Gasteiger partial charge in [-0.15, -0.1) is 0 Å². The zero-order valence-corrected chi connectivity index (χ0v) is 20.8. The number of rotatable bonds is 5. The van der Waals surface area contributed by atoms with E-state index in [9.17, 15) is 4.79 Å². The lowest BCUT2D eigenvalue weighted by molar-refractivity contribution is 0.122. The molecule has 2 aliphatic rings. The number of imidazole rings is 1. The van der Waals surface area contributed by atoms with Crippen molar-refractivity contribution in [2.24, 2.45) is 13.0 Å². The monoisotopic (exact) mass is 474 g/mol. The van der Waals surface area contributed by atoms with Crippen LogP contribution in [-0.2, 0) is 11.8 Å². The van der Waals surface area contributed by atoms with Gasteiger partial charge in [-0.3, -0.25) is 0 Å². The summed E-state index contributed by atoms with van der Waals surface area (Å²) >= 11 is 0. The number of amides is 2. The van der Waals surface area contributed by atoms with Crippen molar-refractivity contribution in [3.05, 3.63) is 48.4 Å². The van der Waals surface area contributed by atoms with Gasteiger partial charge in [0.15, 0.2) is 0 Å². The largest absolute Gasteiger partial charge is 0.378 e. The van der Waals surface area contributed by atoms with E-state index < -0.39 is 0 Å². The Balaban J connectivity index is 1.48. The lowest BCUT2D eigenvalue weighted by atomic mass is 9.99. The number of nitrogens with one attached hydrogen (secondary N) is 1. The number of carbonyl (C=O) groups excluding carboxylic acids is 1. The fourth-order valence-electron chi connectivity index (χ4n) is 4.92. The van der Waals surface area contributed by atoms with Crippen LogP contribution in [0, 0.1) is 12.8 Å². The number of urea groups is 1. The normalized spacial score (nSPS) is 18.2. The molecule has 0 unspecified atom stereocenters. The maximum Gasteiger partial charge on any atom is 0.321 e. The molecule has 3 aromatic rings. The second-order valence-corrected chi connectivity index (χ2v) is 9.56.